The monoisotopic (exact) mass is 331 g/mol. The van der Waals surface area contributed by atoms with Gasteiger partial charge < -0.3 is 14.2 Å². The Hall–Kier alpha value is -2.35. The number of carbonyl (C=O) groups excluding carboxylic acids is 1. The predicted molar refractivity (Wildman–Crippen MR) is 84.4 cm³/mol. The first-order valence-electron chi connectivity index (χ1n) is 8.07. The summed E-state index contributed by atoms with van der Waals surface area (Å²) in [6.45, 7) is 8.36. The molecule has 3 rings (SSSR count). The van der Waals surface area contributed by atoms with E-state index in [-0.39, 0.29) is 12.0 Å². The number of ether oxygens (including phenoxy) is 1. The van der Waals surface area contributed by atoms with Crippen LogP contribution in [0.3, 0.4) is 0 Å². The summed E-state index contributed by atoms with van der Waals surface area (Å²) in [6, 6.07) is 1.37. The van der Waals surface area contributed by atoms with Crippen LogP contribution < -0.4 is 0 Å². The predicted octanol–water partition coefficient (Wildman–Crippen LogP) is 1.64. The van der Waals surface area contributed by atoms with Crippen LogP contribution in [0.1, 0.15) is 53.4 Å². The van der Waals surface area contributed by atoms with Gasteiger partial charge in [0, 0.05) is 6.54 Å². The zero-order valence-electron chi connectivity index (χ0n) is 14.3. The van der Waals surface area contributed by atoms with Crippen LogP contribution >= 0.6 is 0 Å². The molecule has 0 N–H and O–H groups in total. The van der Waals surface area contributed by atoms with E-state index in [0.29, 0.717) is 48.2 Å². The molecule has 0 saturated carbocycles. The van der Waals surface area contributed by atoms with Crippen molar-refractivity contribution >= 4 is 5.91 Å². The highest BCUT2D eigenvalue weighted by molar-refractivity contribution is 5.95. The number of aromatic nitrogens is 4. The number of nitrogens with zero attached hydrogens (tertiary/aromatic N) is 5. The number of amides is 1. The molecule has 0 aliphatic carbocycles. The number of carbonyl (C=O) groups is 1. The highest BCUT2D eigenvalue weighted by atomic mass is 16.5. The van der Waals surface area contributed by atoms with E-state index in [9.17, 15) is 4.79 Å². The molecule has 2 aromatic heterocycles. The third-order valence-corrected chi connectivity index (χ3v) is 4.11. The molecule has 8 heteroatoms. The van der Waals surface area contributed by atoms with Gasteiger partial charge in [0.15, 0.2) is 5.82 Å². The number of morpholine rings is 1. The van der Waals surface area contributed by atoms with Crippen molar-refractivity contribution in [3.8, 4) is 0 Å². The SMILES string of the molecule is CCc1nnc(C)cc1C(=O)N1CCO[C@H](C)[C@H]1c1nc(C)no1. The molecular formula is C16H21N5O3. The second kappa shape index (κ2) is 6.64. The van der Waals surface area contributed by atoms with Crippen molar-refractivity contribution in [1.82, 2.24) is 25.2 Å². The highest BCUT2D eigenvalue weighted by Crippen LogP contribution is 2.30. The number of rotatable bonds is 3. The Kier molecular flexibility index (Phi) is 4.57. The van der Waals surface area contributed by atoms with Crippen molar-refractivity contribution in [2.75, 3.05) is 13.2 Å². The van der Waals surface area contributed by atoms with E-state index in [2.05, 4.69) is 20.3 Å². The summed E-state index contributed by atoms with van der Waals surface area (Å²) < 4.78 is 11.0. The Morgan fingerprint density at radius 2 is 2.17 bits per heavy atom. The molecule has 8 nitrogen and oxygen atoms in total. The van der Waals surface area contributed by atoms with E-state index in [1.807, 2.05) is 20.8 Å². The van der Waals surface area contributed by atoms with Gasteiger partial charge in [-0.15, -0.1) is 0 Å². The molecule has 0 radical (unpaired) electrons. The quantitative estimate of drug-likeness (QED) is 0.844. The fourth-order valence-electron chi connectivity index (χ4n) is 2.93. The molecule has 1 aliphatic heterocycles. The zero-order chi connectivity index (χ0) is 17.3. The maximum Gasteiger partial charge on any atom is 0.256 e. The lowest BCUT2D eigenvalue weighted by atomic mass is 10.0. The van der Waals surface area contributed by atoms with Gasteiger partial charge in [-0.2, -0.15) is 15.2 Å². The van der Waals surface area contributed by atoms with Crippen molar-refractivity contribution in [1.29, 1.82) is 0 Å². The molecule has 1 fully saturated rings. The van der Waals surface area contributed by atoms with E-state index in [1.54, 1.807) is 17.9 Å². The van der Waals surface area contributed by atoms with Gasteiger partial charge in [0.05, 0.1) is 29.7 Å². The largest absolute Gasteiger partial charge is 0.374 e. The molecule has 0 spiro atoms. The second-order valence-corrected chi connectivity index (χ2v) is 5.90. The van der Waals surface area contributed by atoms with Crippen LogP contribution in [-0.4, -0.2) is 50.4 Å². The van der Waals surface area contributed by atoms with Gasteiger partial charge in [0.2, 0.25) is 0 Å². The zero-order valence-corrected chi connectivity index (χ0v) is 14.3. The fraction of sp³-hybridized carbons (Fsp3) is 0.562. The van der Waals surface area contributed by atoms with Crippen LogP contribution in [0.25, 0.3) is 0 Å². The summed E-state index contributed by atoms with van der Waals surface area (Å²) in [5.41, 5.74) is 1.97. The van der Waals surface area contributed by atoms with E-state index < -0.39 is 6.04 Å². The van der Waals surface area contributed by atoms with Gasteiger partial charge in [0.25, 0.3) is 11.8 Å². The minimum atomic E-state index is -0.411. The molecule has 0 aromatic carbocycles. The first-order chi connectivity index (χ1) is 11.5. The summed E-state index contributed by atoms with van der Waals surface area (Å²) in [7, 11) is 0. The molecule has 0 unspecified atom stereocenters. The number of hydrogen-bond acceptors (Lipinski definition) is 7. The van der Waals surface area contributed by atoms with E-state index in [0.717, 1.165) is 0 Å². The van der Waals surface area contributed by atoms with Crippen LogP contribution in [0, 0.1) is 13.8 Å². The van der Waals surface area contributed by atoms with E-state index >= 15 is 0 Å². The minimum Gasteiger partial charge on any atom is -0.374 e. The average molecular weight is 331 g/mol. The first-order valence-corrected chi connectivity index (χ1v) is 8.07. The molecule has 128 valence electrons. The van der Waals surface area contributed by atoms with Crippen molar-refractivity contribution in [3.05, 3.63) is 34.7 Å². The maximum absolute atomic E-state index is 13.2. The highest BCUT2D eigenvalue weighted by Gasteiger charge is 2.38. The Labute approximate surface area is 140 Å². The van der Waals surface area contributed by atoms with Crippen LogP contribution in [0.4, 0.5) is 0 Å². The van der Waals surface area contributed by atoms with Gasteiger partial charge in [-0.3, -0.25) is 4.79 Å². The van der Waals surface area contributed by atoms with E-state index in [1.165, 1.54) is 0 Å². The van der Waals surface area contributed by atoms with Crippen LogP contribution in [0.5, 0.6) is 0 Å². The van der Waals surface area contributed by atoms with Crippen LogP contribution in [0.15, 0.2) is 10.6 Å². The van der Waals surface area contributed by atoms with E-state index in [4.69, 9.17) is 9.26 Å². The fourth-order valence-corrected chi connectivity index (χ4v) is 2.93. The first kappa shape index (κ1) is 16.5. The van der Waals surface area contributed by atoms with Crippen molar-refractivity contribution in [2.45, 2.75) is 46.3 Å². The molecule has 3 heterocycles. The Morgan fingerprint density at radius 3 is 2.83 bits per heavy atom. The molecular weight excluding hydrogens is 310 g/mol. The van der Waals surface area contributed by atoms with Gasteiger partial charge in [-0.05, 0) is 33.3 Å². The molecule has 24 heavy (non-hydrogen) atoms. The number of hydrogen-bond donors (Lipinski definition) is 0. The van der Waals surface area contributed by atoms with Crippen molar-refractivity contribution in [3.63, 3.8) is 0 Å². The summed E-state index contributed by atoms with van der Waals surface area (Å²) >= 11 is 0. The summed E-state index contributed by atoms with van der Waals surface area (Å²) in [5, 5.41) is 12.0. The van der Waals surface area contributed by atoms with Gasteiger partial charge in [-0.25, -0.2) is 0 Å². The third-order valence-electron chi connectivity index (χ3n) is 4.11. The summed E-state index contributed by atoms with van der Waals surface area (Å²) in [4.78, 5) is 19.2. The average Bonchev–Trinajstić information content (AvgIpc) is 3.00. The minimum absolute atomic E-state index is 0.110. The lowest BCUT2D eigenvalue weighted by Gasteiger charge is -2.37. The molecule has 0 bridgehead atoms. The molecule has 2 aromatic rings. The molecule has 2 atom stereocenters. The Bertz CT molecular complexity index is 745. The van der Waals surface area contributed by atoms with Crippen molar-refractivity contribution in [2.24, 2.45) is 0 Å². The summed E-state index contributed by atoms with van der Waals surface area (Å²) in [6.07, 6.45) is 0.405. The topological polar surface area (TPSA) is 94.2 Å². The standard InChI is InChI=1S/C16H21N5O3/c1-5-13-12(8-9(2)18-19-13)16(22)21-6-7-23-10(3)14(21)15-17-11(4)20-24-15/h8,10,14H,5-7H2,1-4H3/t10-,14+/m1/s1. The molecule has 1 amide bonds. The van der Waals surface area contributed by atoms with Gasteiger partial charge in [0.1, 0.15) is 6.04 Å². The van der Waals surface area contributed by atoms with Crippen LogP contribution in [-0.2, 0) is 11.2 Å². The third kappa shape index (κ3) is 3.01. The lowest BCUT2D eigenvalue weighted by molar-refractivity contribution is -0.0601. The summed E-state index contributed by atoms with van der Waals surface area (Å²) in [5.74, 6) is 0.816. The molecule has 1 aliphatic rings. The maximum atomic E-state index is 13.2. The van der Waals surface area contributed by atoms with Gasteiger partial charge >= 0.3 is 0 Å². The Balaban J connectivity index is 1.99. The van der Waals surface area contributed by atoms with Crippen molar-refractivity contribution < 1.29 is 14.1 Å². The molecule has 1 saturated heterocycles. The normalized spacial score (nSPS) is 21.1. The number of aryl methyl sites for hydroxylation is 3. The Morgan fingerprint density at radius 1 is 1.38 bits per heavy atom. The van der Waals surface area contributed by atoms with Crippen LogP contribution in [0.2, 0.25) is 0 Å². The van der Waals surface area contributed by atoms with Gasteiger partial charge in [-0.1, -0.05) is 12.1 Å². The second-order valence-electron chi connectivity index (χ2n) is 5.90. The smallest absolute Gasteiger partial charge is 0.256 e. The lowest BCUT2D eigenvalue weighted by Crippen LogP contribution is -2.47.